The van der Waals surface area contributed by atoms with Gasteiger partial charge >= 0.3 is 0 Å². The monoisotopic (exact) mass is 560 g/mol. The molecule has 2 aliphatic rings. The molecule has 0 aromatic heterocycles. The molecular formula is C30H32N4O5S. The molecule has 1 unspecified atom stereocenters. The Labute approximate surface area is 234 Å². The second-order valence-corrected chi connectivity index (χ2v) is 12.3. The molecule has 5 rings (SSSR count). The summed E-state index contributed by atoms with van der Waals surface area (Å²) in [6.07, 6.45) is 1.84. The molecule has 2 saturated heterocycles. The summed E-state index contributed by atoms with van der Waals surface area (Å²) in [6, 6.07) is 21.9. The quantitative estimate of drug-likeness (QED) is 0.446. The fraction of sp³-hybridized carbons (Fsp3) is 0.300. The van der Waals surface area contributed by atoms with E-state index in [1.165, 1.54) is 16.4 Å². The van der Waals surface area contributed by atoms with Gasteiger partial charge in [0.2, 0.25) is 21.8 Å². The van der Waals surface area contributed by atoms with Crippen LogP contribution in [0.4, 0.5) is 17.1 Å². The number of benzene rings is 3. The van der Waals surface area contributed by atoms with Crippen LogP contribution in [0.25, 0.3) is 0 Å². The minimum Gasteiger partial charge on any atom is -0.326 e. The van der Waals surface area contributed by atoms with E-state index in [0.29, 0.717) is 42.5 Å². The van der Waals surface area contributed by atoms with Gasteiger partial charge in [0.1, 0.15) is 0 Å². The SMILES string of the molecule is CC1CCN(S(=O)(=O)c2ccc(NC(=O)c3ccc(NC(=O)C4CC(=O)N(c5ccccc5)C4)cc3)cc2)CC1. The minimum absolute atomic E-state index is 0.0925. The lowest BCUT2D eigenvalue weighted by molar-refractivity contribution is -0.122. The van der Waals surface area contributed by atoms with E-state index in [9.17, 15) is 22.8 Å². The molecule has 2 aliphatic heterocycles. The van der Waals surface area contributed by atoms with Crippen molar-refractivity contribution in [2.75, 3.05) is 35.2 Å². The average Bonchev–Trinajstić information content (AvgIpc) is 3.36. The van der Waals surface area contributed by atoms with Gasteiger partial charge in [-0.05, 0) is 79.4 Å². The molecule has 0 bridgehead atoms. The Morgan fingerprint density at radius 2 is 1.43 bits per heavy atom. The van der Waals surface area contributed by atoms with Crippen LogP contribution in [0.2, 0.25) is 0 Å². The Morgan fingerprint density at radius 3 is 2.08 bits per heavy atom. The molecule has 3 aromatic carbocycles. The van der Waals surface area contributed by atoms with Crippen LogP contribution in [0, 0.1) is 11.8 Å². The molecule has 3 amide bonds. The molecule has 1 atom stereocenters. The highest BCUT2D eigenvalue weighted by Crippen LogP contribution is 2.27. The van der Waals surface area contributed by atoms with Gasteiger partial charge in [0.25, 0.3) is 5.91 Å². The van der Waals surface area contributed by atoms with Crippen LogP contribution in [0.15, 0.2) is 83.8 Å². The van der Waals surface area contributed by atoms with Crippen molar-refractivity contribution >= 4 is 44.8 Å². The Morgan fingerprint density at radius 1 is 0.825 bits per heavy atom. The van der Waals surface area contributed by atoms with Gasteiger partial charge in [0.05, 0.1) is 10.8 Å². The maximum atomic E-state index is 12.9. The first kappa shape index (κ1) is 27.5. The summed E-state index contributed by atoms with van der Waals surface area (Å²) in [6.45, 7) is 3.48. The smallest absolute Gasteiger partial charge is 0.255 e. The second-order valence-electron chi connectivity index (χ2n) is 10.4. The van der Waals surface area contributed by atoms with Crippen LogP contribution in [-0.2, 0) is 19.6 Å². The predicted octanol–water partition coefficient (Wildman–Crippen LogP) is 4.35. The van der Waals surface area contributed by atoms with Crippen molar-refractivity contribution in [1.82, 2.24) is 4.31 Å². The number of hydrogen-bond donors (Lipinski definition) is 2. The lowest BCUT2D eigenvalue weighted by atomic mass is 10.0. The Hall–Kier alpha value is -4.02. The van der Waals surface area contributed by atoms with E-state index in [-0.39, 0.29) is 29.0 Å². The molecule has 3 aromatic rings. The lowest BCUT2D eigenvalue weighted by Crippen LogP contribution is -2.37. The third kappa shape index (κ3) is 6.08. The van der Waals surface area contributed by atoms with Gasteiger partial charge < -0.3 is 15.5 Å². The molecule has 0 aliphatic carbocycles. The van der Waals surface area contributed by atoms with Crippen LogP contribution >= 0.6 is 0 Å². The topological polar surface area (TPSA) is 116 Å². The van der Waals surface area contributed by atoms with Gasteiger partial charge in [-0.25, -0.2) is 8.42 Å². The summed E-state index contributed by atoms with van der Waals surface area (Å²) >= 11 is 0. The number of carbonyl (C=O) groups excluding carboxylic acids is 3. The van der Waals surface area contributed by atoms with Crippen molar-refractivity contribution in [3.8, 4) is 0 Å². The molecule has 9 nitrogen and oxygen atoms in total. The van der Waals surface area contributed by atoms with E-state index in [0.717, 1.165) is 18.5 Å². The minimum atomic E-state index is -3.56. The summed E-state index contributed by atoms with van der Waals surface area (Å²) in [4.78, 5) is 39.8. The Balaban J connectivity index is 1.15. The summed E-state index contributed by atoms with van der Waals surface area (Å²) < 4.78 is 27.4. The van der Waals surface area contributed by atoms with Gasteiger partial charge in [0, 0.05) is 48.7 Å². The number of sulfonamides is 1. The van der Waals surface area contributed by atoms with Crippen LogP contribution in [0.1, 0.15) is 36.5 Å². The molecule has 208 valence electrons. The van der Waals surface area contributed by atoms with E-state index >= 15 is 0 Å². The normalized spacial score (nSPS) is 18.5. The zero-order chi connectivity index (χ0) is 28.3. The van der Waals surface area contributed by atoms with Crippen molar-refractivity contribution in [2.24, 2.45) is 11.8 Å². The summed E-state index contributed by atoms with van der Waals surface area (Å²) in [5.74, 6) is -0.652. The number of piperidine rings is 1. The first-order valence-electron chi connectivity index (χ1n) is 13.4. The van der Waals surface area contributed by atoms with Crippen molar-refractivity contribution < 1.29 is 22.8 Å². The van der Waals surface area contributed by atoms with E-state index in [1.54, 1.807) is 41.3 Å². The highest BCUT2D eigenvalue weighted by atomic mass is 32.2. The summed E-state index contributed by atoms with van der Waals surface area (Å²) in [5.41, 5.74) is 2.14. The van der Waals surface area contributed by atoms with Crippen LogP contribution < -0.4 is 15.5 Å². The number of amides is 3. The van der Waals surface area contributed by atoms with Crippen molar-refractivity contribution in [2.45, 2.75) is 31.1 Å². The van der Waals surface area contributed by atoms with Gasteiger partial charge in [-0.2, -0.15) is 4.31 Å². The Bertz CT molecular complexity index is 1480. The number of rotatable bonds is 7. The van der Waals surface area contributed by atoms with Gasteiger partial charge in [0.15, 0.2) is 0 Å². The zero-order valence-electron chi connectivity index (χ0n) is 22.2. The lowest BCUT2D eigenvalue weighted by Gasteiger charge is -2.29. The predicted molar refractivity (Wildman–Crippen MR) is 154 cm³/mol. The van der Waals surface area contributed by atoms with Crippen LogP contribution in [0.5, 0.6) is 0 Å². The number of nitrogens with one attached hydrogen (secondary N) is 2. The van der Waals surface area contributed by atoms with E-state index in [2.05, 4.69) is 17.6 Å². The van der Waals surface area contributed by atoms with Crippen molar-refractivity contribution in [1.29, 1.82) is 0 Å². The molecule has 40 heavy (non-hydrogen) atoms. The fourth-order valence-electron chi connectivity index (χ4n) is 4.98. The van der Waals surface area contributed by atoms with Crippen molar-refractivity contribution in [3.63, 3.8) is 0 Å². The summed E-state index contributed by atoms with van der Waals surface area (Å²) in [5, 5.41) is 5.61. The standard InChI is InChI=1S/C30H32N4O5S/c1-21-15-17-33(18-16-21)40(38,39)27-13-11-25(12-14-27)31-29(36)22-7-9-24(10-8-22)32-30(37)23-19-28(35)34(20-23)26-5-3-2-4-6-26/h2-14,21,23H,15-20H2,1H3,(H,31,36)(H,32,37). The van der Waals surface area contributed by atoms with Crippen molar-refractivity contribution in [3.05, 3.63) is 84.4 Å². The number of carbonyl (C=O) groups is 3. The Kier molecular flexibility index (Phi) is 7.99. The highest BCUT2D eigenvalue weighted by Gasteiger charge is 2.35. The van der Waals surface area contributed by atoms with E-state index in [4.69, 9.17) is 0 Å². The number of hydrogen-bond acceptors (Lipinski definition) is 5. The van der Waals surface area contributed by atoms with E-state index < -0.39 is 15.9 Å². The largest absolute Gasteiger partial charge is 0.326 e. The van der Waals surface area contributed by atoms with E-state index in [1.807, 2.05) is 30.3 Å². The zero-order valence-corrected chi connectivity index (χ0v) is 23.1. The third-order valence-corrected chi connectivity index (χ3v) is 9.38. The third-order valence-electron chi connectivity index (χ3n) is 7.47. The molecule has 10 heteroatoms. The molecule has 2 N–H and O–H groups in total. The van der Waals surface area contributed by atoms with Crippen LogP contribution in [-0.4, -0.2) is 50.1 Å². The maximum Gasteiger partial charge on any atom is 0.255 e. The molecule has 0 saturated carbocycles. The first-order valence-corrected chi connectivity index (χ1v) is 14.8. The molecule has 2 heterocycles. The molecule has 0 radical (unpaired) electrons. The average molecular weight is 561 g/mol. The highest BCUT2D eigenvalue weighted by molar-refractivity contribution is 7.89. The molecular weight excluding hydrogens is 528 g/mol. The van der Waals surface area contributed by atoms with Gasteiger partial charge in [-0.15, -0.1) is 0 Å². The van der Waals surface area contributed by atoms with Crippen LogP contribution in [0.3, 0.4) is 0 Å². The number of anilines is 3. The number of nitrogens with zero attached hydrogens (tertiary/aromatic N) is 2. The second kappa shape index (κ2) is 11.6. The fourth-order valence-corrected chi connectivity index (χ4v) is 6.45. The van der Waals surface area contributed by atoms with Gasteiger partial charge in [-0.3, -0.25) is 14.4 Å². The summed E-state index contributed by atoms with van der Waals surface area (Å²) in [7, 11) is -3.56. The maximum absolute atomic E-state index is 12.9. The molecule has 2 fully saturated rings. The number of para-hydroxylation sites is 1. The first-order chi connectivity index (χ1) is 19.2. The molecule has 0 spiro atoms. The van der Waals surface area contributed by atoms with Gasteiger partial charge in [-0.1, -0.05) is 25.1 Å².